The highest BCUT2D eigenvalue weighted by Crippen LogP contribution is 2.26. The SMILES string of the molecule is CC(C)(C)c1ccc(SOCl)cc1. The number of hydrogen-bond acceptors (Lipinski definition) is 2. The lowest BCUT2D eigenvalue weighted by Crippen LogP contribution is -2.10. The van der Waals surface area contributed by atoms with Crippen LogP contribution in [0.4, 0.5) is 0 Å². The first-order chi connectivity index (χ1) is 6.04. The molecule has 0 aliphatic heterocycles. The lowest BCUT2D eigenvalue weighted by molar-refractivity contribution is 0.589. The predicted octanol–water partition coefficient (Wildman–Crippen LogP) is 4.16. The number of halogens is 1. The van der Waals surface area contributed by atoms with Gasteiger partial charge in [-0.15, -0.1) is 0 Å². The smallest absolute Gasteiger partial charge is 0.0757 e. The number of hydrogen-bond donors (Lipinski definition) is 0. The molecule has 72 valence electrons. The Morgan fingerprint density at radius 3 is 2.08 bits per heavy atom. The molecule has 3 heteroatoms. The fourth-order valence-electron chi connectivity index (χ4n) is 1.05. The summed E-state index contributed by atoms with van der Waals surface area (Å²) in [6.07, 6.45) is 0. The summed E-state index contributed by atoms with van der Waals surface area (Å²) in [5, 5.41) is 0. The molecule has 0 aliphatic rings. The Hall–Kier alpha value is -0.180. The summed E-state index contributed by atoms with van der Waals surface area (Å²) in [6, 6.07) is 8.21. The van der Waals surface area contributed by atoms with Gasteiger partial charge >= 0.3 is 0 Å². The minimum absolute atomic E-state index is 0.199. The van der Waals surface area contributed by atoms with E-state index in [-0.39, 0.29) is 5.41 Å². The normalized spacial score (nSPS) is 11.7. The van der Waals surface area contributed by atoms with E-state index in [0.29, 0.717) is 0 Å². The molecule has 1 aromatic rings. The zero-order chi connectivity index (χ0) is 9.90. The van der Waals surface area contributed by atoms with Gasteiger partial charge in [0, 0.05) is 4.90 Å². The van der Waals surface area contributed by atoms with E-state index in [1.807, 2.05) is 12.1 Å². The van der Waals surface area contributed by atoms with Gasteiger partial charge < -0.3 is 0 Å². The second-order valence-electron chi connectivity index (χ2n) is 3.92. The summed E-state index contributed by atoms with van der Waals surface area (Å²) in [7, 11) is 0. The first-order valence-corrected chi connectivity index (χ1v) is 5.15. The highest BCUT2D eigenvalue weighted by Gasteiger charge is 2.12. The van der Waals surface area contributed by atoms with Crippen LogP contribution < -0.4 is 0 Å². The van der Waals surface area contributed by atoms with Crippen LogP contribution in [-0.2, 0) is 9.15 Å². The Morgan fingerprint density at radius 2 is 1.69 bits per heavy atom. The minimum atomic E-state index is 0.199. The third-order valence-electron chi connectivity index (χ3n) is 1.85. The molecule has 1 nitrogen and oxygen atoms in total. The molecule has 0 N–H and O–H groups in total. The molecule has 0 aliphatic carbocycles. The van der Waals surface area contributed by atoms with Crippen LogP contribution in [0.5, 0.6) is 0 Å². The maximum atomic E-state index is 5.13. The quantitative estimate of drug-likeness (QED) is 0.687. The van der Waals surface area contributed by atoms with Crippen LogP contribution in [0.3, 0.4) is 0 Å². The molecule has 13 heavy (non-hydrogen) atoms. The first kappa shape index (κ1) is 10.9. The predicted molar refractivity (Wildman–Crippen MR) is 57.9 cm³/mol. The summed E-state index contributed by atoms with van der Waals surface area (Å²) < 4.78 is 4.44. The van der Waals surface area contributed by atoms with Crippen molar-refractivity contribution in [2.75, 3.05) is 0 Å². The number of benzene rings is 1. The maximum absolute atomic E-state index is 5.13. The van der Waals surface area contributed by atoms with Crippen molar-refractivity contribution in [2.24, 2.45) is 0 Å². The Balaban J connectivity index is 2.81. The molecule has 0 saturated carbocycles. The van der Waals surface area contributed by atoms with Crippen LogP contribution in [0.1, 0.15) is 26.3 Å². The molecule has 0 fully saturated rings. The van der Waals surface area contributed by atoms with Gasteiger partial charge in [-0.05, 0) is 23.1 Å². The van der Waals surface area contributed by atoms with E-state index in [0.717, 1.165) is 16.9 Å². The van der Waals surface area contributed by atoms with E-state index in [1.165, 1.54) is 5.56 Å². The molecule has 0 radical (unpaired) electrons. The Bertz CT molecular complexity index is 263. The molecule has 1 aromatic carbocycles. The van der Waals surface area contributed by atoms with E-state index < -0.39 is 0 Å². The van der Waals surface area contributed by atoms with Crippen LogP contribution in [0.15, 0.2) is 29.2 Å². The van der Waals surface area contributed by atoms with Crippen LogP contribution >= 0.6 is 23.9 Å². The van der Waals surface area contributed by atoms with Crippen molar-refractivity contribution in [3.63, 3.8) is 0 Å². The maximum Gasteiger partial charge on any atom is 0.0757 e. The Kier molecular flexibility index (Phi) is 3.65. The molecule has 0 aromatic heterocycles. The lowest BCUT2D eigenvalue weighted by Gasteiger charge is -2.18. The standard InChI is InChI=1S/C10H13ClOS/c1-10(2,3)8-4-6-9(7-5-8)13-12-11/h4-7H,1-3H3. The summed E-state index contributed by atoms with van der Waals surface area (Å²) in [5.74, 6) is 0. The lowest BCUT2D eigenvalue weighted by atomic mass is 9.87. The highest BCUT2D eigenvalue weighted by molar-refractivity contribution is 7.95. The average molecular weight is 217 g/mol. The van der Waals surface area contributed by atoms with Crippen molar-refractivity contribution >= 4 is 23.9 Å². The van der Waals surface area contributed by atoms with Crippen molar-refractivity contribution in [3.05, 3.63) is 29.8 Å². The second-order valence-corrected chi connectivity index (χ2v) is 5.06. The van der Waals surface area contributed by atoms with E-state index >= 15 is 0 Å². The van der Waals surface area contributed by atoms with Gasteiger partial charge in [0.2, 0.25) is 0 Å². The van der Waals surface area contributed by atoms with Crippen molar-refractivity contribution in [1.82, 2.24) is 0 Å². The molecule has 0 bridgehead atoms. The minimum Gasteiger partial charge on any atom is -0.202 e. The summed E-state index contributed by atoms with van der Waals surface area (Å²) >= 11 is 6.29. The molecule has 0 unspecified atom stereocenters. The van der Waals surface area contributed by atoms with Gasteiger partial charge in [-0.3, -0.25) is 0 Å². The fourth-order valence-corrected chi connectivity index (χ4v) is 1.59. The van der Waals surface area contributed by atoms with Crippen LogP contribution in [0.25, 0.3) is 0 Å². The Morgan fingerprint density at radius 1 is 1.15 bits per heavy atom. The van der Waals surface area contributed by atoms with Gasteiger partial charge in [0.25, 0.3) is 0 Å². The van der Waals surface area contributed by atoms with Crippen LogP contribution in [0, 0.1) is 0 Å². The largest absolute Gasteiger partial charge is 0.202 e. The molecule has 0 amide bonds. The van der Waals surface area contributed by atoms with Gasteiger partial charge in [0.05, 0.1) is 23.9 Å². The Labute approximate surface area is 88.8 Å². The zero-order valence-corrected chi connectivity index (χ0v) is 9.58. The monoisotopic (exact) mass is 216 g/mol. The number of rotatable bonds is 2. The molecule has 0 heterocycles. The topological polar surface area (TPSA) is 9.23 Å². The van der Waals surface area contributed by atoms with Crippen LogP contribution in [0.2, 0.25) is 0 Å². The van der Waals surface area contributed by atoms with Gasteiger partial charge in [-0.25, -0.2) is 3.74 Å². The van der Waals surface area contributed by atoms with Crippen molar-refractivity contribution in [2.45, 2.75) is 31.1 Å². The highest BCUT2D eigenvalue weighted by atomic mass is 35.5. The summed E-state index contributed by atoms with van der Waals surface area (Å²) in [6.45, 7) is 6.56. The summed E-state index contributed by atoms with van der Waals surface area (Å²) in [5.41, 5.74) is 1.51. The van der Waals surface area contributed by atoms with E-state index in [1.54, 1.807) is 0 Å². The molecule has 1 rings (SSSR count). The zero-order valence-electron chi connectivity index (χ0n) is 8.00. The van der Waals surface area contributed by atoms with Gasteiger partial charge in [-0.1, -0.05) is 32.9 Å². The first-order valence-electron chi connectivity index (χ1n) is 4.10. The van der Waals surface area contributed by atoms with E-state index in [2.05, 4.69) is 36.6 Å². The van der Waals surface area contributed by atoms with Gasteiger partial charge in [0.1, 0.15) is 0 Å². The van der Waals surface area contributed by atoms with Gasteiger partial charge in [0.15, 0.2) is 0 Å². The summed E-state index contributed by atoms with van der Waals surface area (Å²) in [4.78, 5) is 1.02. The molecule has 0 saturated heterocycles. The van der Waals surface area contributed by atoms with Crippen molar-refractivity contribution in [3.8, 4) is 0 Å². The molecular formula is C10H13ClOS. The second kappa shape index (κ2) is 4.36. The van der Waals surface area contributed by atoms with E-state index in [4.69, 9.17) is 11.9 Å². The average Bonchev–Trinajstić information content (AvgIpc) is 2.04. The molecule has 0 spiro atoms. The third-order valence-corrected chi connectivity index (χ3v) is 2.56. The molecule has 0 atom stereocenters. The molecular weight excluding hydrogens is 204 g/mol. The fraction of sp³-hybridized carbons (Fsp3) is 0.400. The van der Waals surface area contributed by atoms with Gasteiger partial charge in [-0.2, -0.15) is 0 Å². The van der Waals surface area contributed by atoms with E-state index in [9.17, 15) is 0 Å². The van der Waals surface area contributed by atoms with Crippen LogP contribution in [-0.4, -0.2) is 0 Å². The van der Waals surface area contributed by atoms with Crippen molar-refractivity contribution < 1.29 is 3.74 Å². The van der Waals surface area contributed by atoms with Crippen molar-refractivity contribution in [1.29, 1.82) is 0 Å². The third kappa shape index (κ3) is 3.22.